The fourth-order valence-corrected chi connectivity index (χ4v) is 6.70. The summed E-state index contributed by atoms with van der Waals surface area (Å²) in [6.07, 6.45) is -0.663. The van der Waals surface area contributed by atoms with E-state index in [4.69, 9.17) is 38.0 Å². The minimum atomic E-state index is -1.19. The van der Waals surface area contributed by atoms with Crippen molar-refractivity contribution in [1.29, 1.82) is 0 Å². The Kier molecular flexibility index (Phi) is 26.3. The lowest BCUT2D eigenvalue weighted by Crippen LogP contribution is -2.50. The van der Waals surface area contributed by atoms with Crippen molar-refractivity contribution in [1.82, 2.24) is 35.3 Å². The first-order valence-electron chi connectivity index (χ1n) is 23.4. The highest BCUT2D eigenvalue weighted by molar-refractivity contribution is 6.03. The van der Waals surface area contributed by atoms with Gasteiger partial charge in [0.15, 0.2) is 0 Å². The third-order valence-corrected chi connectivity index (χ3v) is 9.61. The number of nitrogens with one attached hydrogen (secondary N) is 2. The molecule has 2 aliphatic rings. The molecule has 1 atom stereocenters. The van der Waals surface area contributed by atoms with Crippen molar-refractivity contribution in [2.24, 2.45) is 5.92 Å². The van der Waals surface area contributed by atoms with E-state index in [-0.39, 0.29) is 97.2 Å². The normalized spacial score (nSPS) is 17.7. The molecule has 1 unspecified atom stereocenters. The summed E-state index contributed by atoms with van der Waals surface area (Å²) in [6.45, 7) is 21.7. The van der Waals surface area contributed by atoms with Crippen LogP contribution in [0.25, 0.3) is 0 Å². The molecule has 2 saturated heterocycles. The molecule has 68 heavy (non-hydrogen) atoms. The van der Waals surface area contributed by atoms with Crippen LogP contribution < -0.4 is 10.6 Å². The second-order valence-electron chi connectivity index (χ2n) is 19.4. The quantitative estimate of drug-likeness (QED) is 0.0635. The molecule has 2 rings (SSSR count). The summed E-state index contributed by atoms with van der Waals surface area (Å²) in [5, 5.41) is 5.83. The molecule has 0 aromatic heterocycles. The van der Waals surface area contributed by atoms with E-state index in [0.717, 1.165) is 0 Å². The van der Waals surface area contributed by atoms with Crippen LogP contribution in [0.5, 0.6) is 0 Å². The summed E-state index contributed by atoms with van der Waals surface area (Å²) in [6, 6.07) is 0. The van der Waals surface area contributed by atoms with E-state index in [9.17, 15) is 38.4 Å². The van der Waals surface area contributed by atoms with Crippen molar-refractivity contribution >= 4 is 47.9 Å². The number of carbonyl (C=O) groups is 8. The number of carbonyl (C=O) groups excluding carboxylic acids is 8. The van der Waals surface area contributed by atoms with Gasteiger partial charge in [0.25, 0.3) is 11.8 Å². The monoisotopic (exact) mass is 974 g/mol. The number of rotatable bonds is 23. The maximum absolute atomic E-state index is 13.2. The van der Waals surface area contributed by atoms with Crippen molar-refractivity contribution in [2.45, 2.75) is 105 Å². The number of imide groups is 1. The summed E-state index contributed by atoms with van der Waals surface area (Å²) >= 11 is 0. The van der Waals surface area contributed by atoms with Gasteiger partial charge in [0, 0.05) is 71.9 Å². The summed E-state index contributed by atoms with van der Waals surface area (Å²) in [5.74, 6) is -3.14. The van der Waals surface area contributed by atoms with Crippen molar-refractivity contribution < 1.29 is 76.4 Å². The third-order valence-electron chi connectivity index (χ3n) is 9.61. The fraction of sp³-hybridized carbons (Fsp3) is 0.822. The molecule has 0 spiro atoms. The van der Waals surface area contributed by atoms with E-state index in [1.54, 1.807) is 62.3 Å². The van der Waals surface area contributed by atoms with E-state index >= 15 is 0 Å². The number of hydroxylamine groups is 2. The fourth-order valence-electron chi connectivity index (χ4n) is 6.70. The molecule has 23 nitrogen and oxygen atoms in total. The lowest BCUT2D eigenvalue weighted by atomic mass is 10.0. The van der Waals surface area contributed by atoms with Crippen LogP contribution in [0.3, 0.4) is 0 Å². The van der Waals surface area contributed by atoms with Crippen LogP contribution in [-0.2, 0) is 66.8 Å². The third kappa shape index (κ3) is 28.0. The minimum absolute atomic E-state index is 0.000995. The van der Waals surface area contributed by atoms with E-state index < -0.39 is 58.7 Å². The first kappa shape index (κ1) is 59.4. The van der Waals surface area contributed by atoms with Gasteiger partial charge in [-0.1, -0.05) is 18.4 Å². The van der Waals surface area contributed by atoms with Gasteiger partial charge in [0.05, 0.1) is 58.5 Å². The second kappa shape index (κ2) is 30.0. The predicted molar refractivity (Wildman–Crippen MR) is 245 cm³/mol. The number of nitrogens with zero attached hydrogens (tertiary/aromatic N) is 5. The van der Waals surface area contributed by atoms with Gasteiger partial charge in [0.2, 0.25) is 5.91 Å². The maximum atomic E-state index is 13.2. The largest absolute Gasteiger partial charge is 0.534 e. The molecule has 2 heterocycles. The Bertz CT molecular complexity index is 1580. The number of ether oxygens (including phenoxy) is 7. The van der Waals surface area contributed by atoms with Crippen LogP contribution in [0.4, 0.5) is 9.59 Å². The maximum Gasteiger partial charge on any atom is 0.534 e. The van der Waals surface area contributed by atoms with Crippen LogP contribution in [0.1, 0.15) is 88.5 Å². The second-order valence-corrected chi connectivity index (χ2v) is 19.4. The standard InChI is InChI=1S/C45H79N7O16/c1-11-12-34-29-36(54)52(40(34)58)68-42(60)64-28-26-62-24-23-61-25-27-63-41(59)47-14-13-46-35(53)30-48-15-17-49(31-37(55)65-43(2,3)4)19-21-51(33-39(57)67-45(8,9)10)22-20-50(18-16-48)32-38(56)66-44(5,6)7/h34H,11-33H2,1-10H3,(H,46,53)(H,47,59). The first-order chi connectivity index (χ1) is 31.8. The molecule has 2 fully saturated rings. The van der Waals surface area contributed by atoms with Gasteiger partial charge in [-0.25, -0.2) is 9.59 Å². The number of alkyl carbamates (subject to hydrolysis) is 1. The molecule has 0 saturated carbocycles. The molecule has 2 aliphatic heterocycles. The molecule has 4 amide bonds. The van der Waals surface area contributed by atoms with Crippen LogP contribution in [0.2, 0.25) is 0 Å². The predicted octanol–water partition coefficient (Wildman–Crippen LogP) is 1.35. The van der Waals surface area contributed by atoms with Crippen molar-refractivity contribution in [2.75, 3.05) is 131 Å². The molecule has 390 valence electrons. The molecule has 0 aromatic carbocycles. The Balaban J connectivity index is 1.82. The zero-order chi connectivity index (χ0) is 50.9. The summed E-state index contributed by atoms with van der Waals surface area (Å²) in [5.41, 5.74) is -2.04. The summed E-state index contributed by atoms with van der Waals surface area (Å²) < 4.78 is 37.5. The highest BCUT2D eigenvalue weighted by Gasteiger charge is 2.41. The van der Waals surface area contributed by atoms with Crippen LogP contribution in [0.15, 0.2) is 0 Å². The smallest absolute Gasteiger partial charge is 0.459 e. The van der Waals surface area contributed by atoms with Crippen LogP contribution in [0, 0.1) is 5.92 Å². The van der Waals surface area contributed by atoms with Gasteiger partial charge in [0.1, 0.15) is 30.0 Å². The van der Waals surface area contributed by atoms with Crippen molar-refractivity contribution in [3.8, 4) is 0 Å². The number of esters is 3. The zero-order valence-electron chi connectivity index (χ0n) is 42.1. The molecule has 0 radical (unpaired) electrons. The lowest BCUT2D eigenvalue weighted by molar-refractivity contribution is -0.178. The van der Waals surface area contributed by atoms with Crippen molar-refractivity contribution in [3.63, 3.8) is 0 Å². The SMILES string of the molecule is CCCC1CC(=O)N(OC(=O)OCCOCCOCCOC(=O)NCCNC(=O)CN2CCN(CC(=O)OC(C)(C)C)CCN(CC(=O)OC(C)(C)C)CCN(CC(=O)OC(C)(C)C)CC2)C1=O. The average Bonchev–Trinajstić information content (AvgIpc) is 3.46. The zero-order valence-corrected chi connectivity index (χ0v) is 42.1. The van der Waals surface area contributed by atoms with E-state index in [2.05, 4.69) is 10.6 Å². The molecule has 0 aliphatic carbocycles. The van der Waals surface area contributed by atoms with Crippen LogP contribution in [-0.4, -0.2) is 221 Å². The highest BCUT2D eigenvalue weighted by Crippen LogP contribution is 2.24. The minimum Gasteiger partial charge on any atom is -0.459 e. The van der Waals surface area contributed by atoms with Gasteiger partial charge < -0.3 is 43.8 Å². The van der Waals surface area contributed by atoms with Gasteiger partial charge in [-0.3, -0.25) is 53.2 Å². The molecular formula is C45H79N7O16. The molecular weight excluding hydrogens is 895 g/mol. The lowest BCUT2D eigenvalue weighted by Gasteiger charge is -2.34. The molecule has 0 bridgehead atoms. The van der Waals surface area contributed by atoms with Crippen molar-refractivity contribution in [3.05, 3.63) is 0 Å². The van der Waals surface area contributed by atoms with Gasteiger partial charge in [-0.15, -0.1) is 0 Å². The van der Waals surface area contributed by atoms with Crippen LogP contribution >= 0.6 is 0 Å². The Morgan fingerprint density at radius 2 is 0.926 bits per heavy atom. The Hall–Kier alpha value is -4.68. The molecule has 0 aromatic rings. The topological polar surface area (TPSA) is 251 Å². The molecule has 23 heteroatoms. The number of hydrogen-bond donors (Lipinski definition) is 2. The van der Waals surface area contributed by atoms with Gasteiger partial charge >= 0.3 is 30.2 Å². The highest BCUT2D eigenvalue weighted by atomic mass is 16.8. The number of amides is 4. The van der Waals surface area contributed by atoms with Gasteiger partial charge in [-0.05, 0) is 68.7 Å². The van der Waals surface area contributed by atoms with E-state index in [1.165, 1.54) is 0 Å². The first-order valence-corrected chi connectivity index (χ1v) is 23.4. The van der Waals surface area contributed by atoms with E-state index in [0.29, 0.717) is 70.3 Å². The van der Waals surface area contributed by atoms with E-state index in [1.807, 2.05) is 26.5 Å². The Labute approximate surface area is 401 Å². The summed E-state index contributed by atoms with van der Waals surface area (Å²) in [7, 11) is 0. The number of hydrogen-bond acceptors (Lipinski definition) is 20. The summed E-state index contributed by atoms with van der Waals surface area (Å²) in [4.78, 5) is 113. The Morgan fingerprint density at radius 3 is 1.34 bits per heavy atom. The average molecular weight is 974 g/mol. The Morgan fingerprint density at radius 1 is 0.544 bits per heavy atom. The van der Waals surface area contributed by atoms with Gasteiger partial charge in [-0.2, -0.15) is 0 Å². The molecule has 2 N–H and O–H groups in total.